The van der Waals surface area contributed by atoms with Gasteiger partial charge in [0, 0.05) is 15.8 Å². The van der Waals surface area contributed by atoms with Crippen LogP contribution in [0.5, 0.6) is 5.75 Å². The van der Waals surface area contributed by atoms with Crippen molar-refractivity contribution >= 4 is 11.8 Å². The number of likely N-dealkylation sites (N-methyl/N-ethyl adjacent to an activating group) is 1. The SMILES string of the molecule is CNC(CCCc1ccc(Sc2cccc(OCC3=CCCC=C3)c2)cc1C)C(C)O. The molecule has 1 aliphatic rings. The summed E-state index contributed by atoms with van der Waals surface area (Å²) in [6.07, 6.45) is 11.6. The number of aliphatic hydroxyl groups excluding tert-OH is 1. The molecule has 3 rings (SSSR count). The molecule has 4 heteroatoms. The lowest BCUT2D eigenvalue weighted by Crippen LogP contribution is -2.35. The number of rotatable bonds is 11. The van der Waals surface area contributed by atoms with E-state index in [-0.39, 0.29) is 12.1 Å². The number of ether oxygens (including phenoxy) is 1. The van der Waals surface area contributed by atoms with Crippen molar-refractivity contribution in [3.8, 4) is 5.75 Å². The summed E-state index contributed by atoms with van der Waals surface area (Å²) >= 11 is 1.77. The quantitative estimate of drug-likeness (QED) is 0.446. The van der Waals surface area contributed by atoms with Crippen LogP contribution in [-0.4, -0.2) is 30.9 Å². The van der Waals surface area contributed by atoms with Crippen LogP contribution in [-0.2, 0) is 6.42 Å². The molecule has 2 atom stereocenters. The zero-order valence-electron chi connectivity index (χ0n) is 18.9. The van der Waals surface area contributed by atoms with Crippen LogP contribution in [0.2, 0.25) is 0 Å². The summed E-state index contributed by atoms with van der Waals surface area (Å²) in [4.78, 5) is 2.43. The molecular formula is C27H35NO2S. The largest absolute Gasteiger partial charge is 0.489 e. The number of aliphatic hydroxyl groups is 1. The molecule has 166 valence electrons. The van der Waals surface area contributed by atoms with Gasteiger partial charge in [-0.2, -0.15) is 0 Å². The van der Waals surface area contributed by atoms with Crippen molar-refractivity contribution in [1.29, 1.82) is 0 Å². The Balaban J connectivity index is 1.54. The van der Waals surface area contributed by atoms with Crippen molar-refractivity contribution in [3.63, 3.8) is 0 Å². The van der Waals surface area contributed by atoms with Crippen molar-refractivity contribution in [2.24, 2.45) is 0 Å². The second-order valence-corrected chi connectivity index (χ2v) is 9.39. The molecule has 0 bridgehead atoms. The summed E-state index contributed by atoms with van der Waals surface area (Å²) in [6, 6.07) is 15.2. The van der Waals surface area contributed by atoms with Gasteiger partial charge in [0.05, 0.1) is 6.10 Å². The number of nitrogens with one attached hydrogen (secondary N) is 1. The number of hydrogen-bond acceptors (Lipinski definition) is 4. The molecule has 0 spiro atoms. The van der Waals surface area contributed by atoms with E-state index in [0.717, 1.165) is 37.9 Å². The van der Waals surface area contributed by atoms with Gasteiger partial charge >= 0.3 is 0 Å². The third kappa shape index (κ3) is 7.57. The highest BCUT2D eigenvalue weighted by Gasteiger charge is 2.12. The molecule has 2 unspecified atom stereocenters. The first kappa shape index (κ1) is 23.6. The minimum absolute atomic E-state index is 0.162. The normalized spacial score (nSPS) is 15.4. The fourth-order valence-corrected chi connectivity index (χ4v) is 4.82. The zero-order chi connectivity index (χ0) is 22.1. The summed E-state index contributed by atoms with van der Waals surface area (Å²) in [5.41, 5.74) is 3.96. The smallest absolute Gasteiger partial charge is 0.120 e. The highest BCUT2D eigenvalue weighted by Crippen LogP contribution is 2.31. The van der Waals surface area contributed by atoms with Crippen LogP contribution in [0.15, 0.2) is 76.1 Å². The van der Waals surface area contributed by atoms with E-state index in [1.165, 1.54) is 26.5 Å². The van der Waals surface area contributed by atoms with Crippen molar-refractivity contribution in [3.05, 3.63) is 77.4 Å². The molecule has 0 heterocycles. The van der Waals surface area contributed by atoms with Crippen molar-refractivity contribution in [2.45, 2.75) is 67.9 Å². The van der Waals surface area contributed by atoms with Crippen molar-refractivity contribution < 1.29 is 9.84 Å². The van der Waals surface area contributed by atoms with Gasteiger partial charge in [-0.05, 0) is 100 Å². The predicted octanol–water partition coefficient (Wildman–Crippen LogP) is 6.09. The molecule has 0 fully saturated rings. The molecular weight excluding hydrogens is 402 g/mol. The predicted molar refractivity (Wildman–Crippen MR) is 131 cm³/mol. The Bertz CT molecular complexity index is 904. The van der Waals surface area contributed by atoms with Gasteiger partial charge in [0.25, 0.3) is 0 Å². The molecule has 0 saturated heterocycles. The molecule has 1 aliphatic carbocycles. The molecule has 2 aromatic rings. The van der Waals surface area contributed by atoms with E-state index >= 15 is 0 Å². The highest BCUT2D eigenvalue weighted by molar-refractivity contribution is 7.99. The maximum atomic E-state index is 9.78. The van der Waals surface area contributed by atoms with Gasteiger partial charge in [-0.25, -0.2) is 0 Å². The third-order valence-electron chi connectivity index (χ3n) is 5.75. The Hall–Kier alpha value is -2.01. The van der Waals surface area contributed by atoms with Gasteiger partial charge in [-0.15, -0.1) is 0 Å². The summed E-state index contributed by atoms with van der Waals surface area (Å²) in [7, 11) is 1.92. The van der Waals surface area contributed by atoms with Gasteiger partial charge in [-0.3, -0.25) is 0 Å². The lowest BCUT2D eigenvalue weighted by atomic mass is 9.99. The number of hydrogen-bond donors (Lipinski definition) is 2. The molecule has 2 aromatic carbocycles. The van der Waals surface area contributed by atoms with Crippen LogP contribution in [0.25, 0.3) is 0 Å². The Morgan fingerprint density at radius 3 is 2.68 bits per heavy atom. The van der Waals surface area contributed by atoms with Crippen LogP contribution in [0.4, 0.5) is 0 Å². The van der Waals surface area contributed by atoms with E-state index in [9.17, 15) is 5.11 Å². The Kier molecular flexibility index (Phi) is 9.26. The first-order valence-corrected chi connectivity index (χ1v) is 12.1. The van der Waals surface area contributed by atoms with E-state index in [2.05, 4.69) is 66.9 Å². The fraction of sp³-hybridized carbons (Fsp3) is 0.407. The lowest BCUT2D eigenvalue weighted by Gasteiger charge is -2.19. The van der Waals surface area contributed by atoms with E-state index < -0.39 is 0 Å². The Morgan fingerprint density at radius 1 is 1.13 bits per heavy atom. The third-order valence-corrected chi connectivity index (χ3v) is 6.73. The minimum atomic E-state index is -0.319. The summed E-state index contributed by atoms with van der Waals surface area (Å²) in [6.45, 7) is 4.67. The van der Waals surface area contributed by atoms with Gasteiger partial charge < -0.3 is 15.2 Å². The number of allylic oxidation sites excluding steroid dienone is 2. The Morgan fingerprint density at radius 2 is 1.97 bits per heavy atom. The van der Waals surface area contributed by atoms with Crippen LogP contribution in [0, 0.1) is 6.92 Å². The molecule has 31 heavy (non-hydrogen) atoms. The second kappa shape index (κ2) is 12.1. The zero-order valence-corrected chi connectivity index (χ0v) is 19.8. The average Bonchev–Trinajstić information content (AvgIpc) is 2.77. The van der Waals surface area contributed by atoms with Crippen molar-refractivity contribution in [1.82, 2.24) is 5.32 Å². The number of aryl methyl sites for hydroxylation is 2. The maximum absolute atomic E-state index is 9.78. The number of benzene rings is 2. The molecule has 0 aliphatic heterocycles. The fourth-order valence-electron chi connectivity index (χ4n) is 3.86. The van der Waals surface area contributed by atoms with Gasteiger partial charge in [0.2, 0.25) is 0 Å². The van der Waals surface area contributed by atoms with Gasteiger partial charge in [0.15, 0.2) is 0 Å². The maximum Gasteiger partial charge on any atom is 0.120 e. The monoisotopic (exact) mass is 437 g/mol. The van der Waals surface area contributed by atoms with E-state index in [0.29, 0.717) is 6.61 Å². The topological polar surface area (TPSA) is 41.5 Å². The second-order valence-electron chi connectivity index (χ2n) is 8.24. The average molecular weight is 438 g/mol. The van der Waals surface area contributed by atoms with E-state index in [1.807, 2.05) is 20.0 Å². The molecule has 0 aromatic heterocycles. The summed E-state index contributed by atoms with van der Waals surface area (Å²) < 4.78 is 6.00. The van der Waals surface area contributed by atoms with Crippen LogP contribution >= 0.6 is 11.8 Å². The minimum Gasteiger partial charge on any atom is -0.489 e. The molecule has 0 amide bonds. The highest BCUT2D eigenvalue weighted by atomic mass is 32.2. The molecule has 0 radical (unpaired) electrons. The van der Waals surface area contributed by atoms with Crippen LogP contribution < -0.4 is 10.1 Å². The van der Waals surface area contributed by atoms with Crippen LogP contribution in [0.1, 0.15) is 43.7 Å². The summed E-state index contributed by atoms with van der Waals surface area (Å²) in [5.74, 6) is 0.912. The lowest BCUT2D eigenvalue weighted by molar-refractivity contribution is 0.143. The molecule has 2 N–H and O–H groups in total. The first-order valence-electron chi connectivity index (χ1n) is 11.3. The van der Waals surface area contributed by atoms with Crippen molar-refractivity contribution in [2.75, 3.05) is 13.7 Å². The van der Waals surface area contributed by atoms with E-state index in [1.54, 1.807) is 11.8 Å². The first-order chi connectivity index (χ1) is 15.0. The molecule has 0 saturated carbocycles. The van der Waals surface area contributed by atoms with Gasteiger partial charge in [0.1, 0.15) is 12.4 Å². The molecule has 3 nitrogen and oxygen atoms in total. The van der Waals surface area contributed by atoms with Crippen LogP contribution in [0.3, 0.4) is 0 Å². The standard InChI is InChI=1S/C27H35NO2S/c1-20-17-26(16-15-23(20)11-7-14-27(28-3)21(2)29)31-25-13-8-12-24(18-25)30-19-22-9-5-4-6-10-22/h5,8-10,12-13,15-18,21,27-29H,4,6-7,11,14,19H2,1-3H3. The van der Waals surface area contributed by atoms with Gasteiger partial charge in [-0.1, -0.05) is 42.1 Å². The summed E-state index contributed by atoms with van der Waals surface area (Å²) in [5, 5.41) is 13.0. The van der Waals surface area contributed by atoms with E-state index in [4.69, 9.17) is 4.74 Å². The Labute approximate surface area is 191 Å².